The molecule has 2 amide bonds. The van der Waals surface area contributed by atoms with Crippen molar-refractivity contribution in [3.8, 4) is 0 Å². The molecular weight excluding hydrogens is 295 g/mol. The molecule has 1 fully saturated rings. The molecule has 0 bridgehead atoms. The summed E-state index contributed by atoms with van der Waals surface area (Å²) in [6, 6.07) is 2.94. The van der Waals surface area contributed by atoms with Crippen molar-refractivity contribution >= 4 is 29.4 Å². The lowest BCUT2D eigenvalue weighted by atomic mass is 10.2. The number of carbonyl (C=O) groups is 2. The number of aliphatic carboxylic acids is 1. The second-order valence-corrected chi connectivity index (χ2v) is 6.08. The second-order valence-electron chi connectivity index (χ2n) is 4.87. The first-order valence-corrected chi connectivity index (χ1v) is 7.68. The molecule has 0 aliphatic carbocycles. The van der Waals surface area contributed by atoms with Crippen molar-refractivity contribution in [1.82, 2.24) is 4.90 Å². The predicted octanol–water partition coefficient (Wildman–Crippen LogP) is 2.90. The third kappa shape index (κ3) is 3.29. The Hall–Kier alpha value is -1.76. The number of halogens is 1. The molecule has 21 heavy (non-hydrogen) atoms. The van der Waals surface area contributed by atoms with Gasteiger partial charge < -0.3 is 10.4 Å². The van der Waals surface area contributed by atoms with E-state index in [1.54, 1.807) is 13.0 Å². The zero-order valence-electron chi connectivity index (χ0n) is 11.8. The molecule has 2 rings (SSSR count). The maximum Gasteiger partial charge on any atom is 0.327 e. The number of thioether (sulfide) groups is 1. The van der Waals surface area contributed by atoms with E-state index in [9.17, 15) is 19.1 Å². The Morgan fingerprint density at radius 1 is 1.52 bits per heavy atom. The summed E-state index contributed by atoms with van der Waals surface area (Å²) >= 11 is 1.42. The Labute approximate surface area is 126 Å². The molecule has 1 aliphatic rings. The van der Waals surface area contributed by atoms with Crippen molar-refractivity contribution in [2.24, 2.45) is 0 Å². The van der Waals surface area contributed by atoms with Crippen LogP contribution in [0.3, 0.4) is 0 Å². The van der Waals surface area contributed by atoms with Crippen molar-refractivity contribution in [3.63, 3.8) is 0 Å². The van der Waals surface area contributed by atoms with Gasteiger partial charge in [0.25, 0.3) is 0 Å². The summed E-state index contributed by atoms with van der Waals surface area (Å²) in [5.74, 6) is -1.24. The van der Waals surface area contributed by atoms with Gasteiger partial charge in [-0.1, -0.05) is 13.0 Å². The first-order chi connectivity index (χ1) is 9.93. The summed E-state index contributed by atoms with van der Waals surface area (Å²) in [6.07, 6.45) is 0.637. The van der Waals surface area contributed by atoms with Gasteiger partial charge in [0.15, 0.2) is 0 Å². The minimum atomic E-state index is -1.04. The Balaban J connectivity index is 2.21. The van der Waals surface area contributed by atoms with Crippen LogP contribution in [0.25, 0.3) is 0 Å². The summed E-state index contributed by atoms with van der Waals surface area (Å²) in [6.45, 7) is 3.67. The van der Waals surface area contributed by atoms with Crippen molar-refractivity contribution in [3.05, 3.63) is 29.6 Å². The third-order valence-electron chi connectivity index (χ3n) is 3.32. The highest BCUT2D eigenvalue weighted by Crippen LogP contribution is 2.32. The zero-order valence-corrected chi connectivity index (χ0v) is 12.6. The number of carboxylic acid groups (broad SMARTS) is 1. The standard InChI is InChI=1S/C14H17FN2O3S/c1-3-12-17(11(7-21-12)13(18)19)14(20)16-10-6-8(2)4-5-9(10)15/h4-6,11-12H,3,7H2,1-2H3,(H,16,20)(H,18,19). The van der Waals surface area contributed by atoms with E-state index in [-0.39, 0.29) is 11.1 Å². The van der Waals surface area contributed by atoms with Gasteiger partial charge in [-0.05, 0) is 31.0 Å². The van der Waals surface area contributed by atoms with Gasteiger partial charge >= 0.3 is 12.0 Å². The first kappa shape index (κ1) is 15.6. The normalized spacial score (nSPS) is 21.4. The molecule has 2 N–H and O–H groups in total. The van der Waals surface area contributed by atoms with E-state index >= 15 is 0 Å². The lowest BCUT2D eigenvalue weighted by Gasteiger charge is -2.26. The van der Waals surface area contributed by atoms with Gasteiger partial charge in [-0.2, -0.15) is 0 Å². The van der Waals surface area contributed by atoms with Crippen LogP contribution in [0, 0.1) is 12.7 Å². The minimum absolute atomic E-state index is 0.0656. The summed E-state index contributed by atoms with van der Waals surface area (Å²) in [4.78, 5) is 24.9. The quantitative estimate of drug-likeness (QED) is 0.900. The number of rotatable bonds is 3. The molecule has 114 valence electrons. The summed E-state index contributed by atoms with van der Waals surface area (Å²) < 4.78 is 13.7. The molecule has 1 saturated heterocycles. The molecule has 2 unspecified atom stereocenters. The van der Waals surface area contributed by atoms with E-state index in [0.29, 0.717) is 12.2 Å². The Bertz CT molecular complexity index is 567. The van der Waals surface area contributed by atoms with E-state index in [1.807, 2.05) is 6.92 Å². The lowest BCUT2D eigenvalue weighted by Crippen LogP contribution is -2.47. The average molecular weight is 312 g/mol. The molecule has 1 heterocycles. The van der Waals surface area contributed by atoms with E-state index in [2.05, 4.69) is 5.32 Å². The molecule has 1 aliphatic heterocycles. The Morgan fingerprint density at radius 2 is 2.24 bits per heavy atom. The fourth-order valence-corrected chi connectivity index (χ4v) is 3.60. The van der Waals surface area contributed by atoms with Gasteiger partial charge in [0.2, 0.25) is 0 Å². The van der Waals surface area contributed by atoms with Crippen LogP contribution in [0.15, 0.2) is 18.2 Å². The zero-order chi connectivity index (χ0) is 15.6. The third-order valence-corrected chi connectivity index (χ3v) is 4.78. The highest BCUT2D eigenvalue weighted by molar-refractivity contribution is 8.00. The molecule has 0 saturated carbocycles. The molecule has 0 spiro atoms. The molecular formula is C14H17FN2O3S. The van der Waals surface area contributed by atoms with Crippen LogP contribution in [0.2, 0.25) is 0 Å². The number of anilines is 1. The maximum absolute atomic E-state index is 13.7. The number of amides is 2. The predicted molar refractivity (Wildman–Crippen MR) is 80.0 cm³/mol. The Kier molecular flexibility index (Phi) is 4.72. The molecule has 2 atom stereocenters. The summed E-state index contributed by atoms with van der Waals surface area (Å²) in [5, 5.41) is 11.5. The van der Waals surface area contributed by atoms with Crippen LogP contribution < -0.4 is 5.32 Å². The minimum Gasteiger partial charge on any atom is -0.480 e. The summed E-state index contributed by atoms with van der Waals surface area (Å²) in [7, 11) is 0. The second kappa shape index (κ2) is 6.34. The number of carbonyl (C=O) groups excluding carboxylic acids is 1. The van der Waals surface area contributed by atoms with Crippen LogP contribution in [-0.4, -0.2) is 39.2 Å². The molecule has 0 radical (unpaired) electrons. The van der Waals surface area contributed by atoms with Crippen LogP contribution in [0.4, 0.5) is 14.9 Å². The van der Waals surface area contributed by atoms with Gasteiger partial charge in [-0.25, -0.2) is 14.0 Å². The van der Waals surface area contributed by atoms with Gasteiger partial charge in [0.05, 0.1) is 11.1 Å². The van der Waals surface area contributed by atoms with Crippen LogP contribution in [0.1, 0.15) is 18.9 Å². The maximum atomic E-state index is 13.7. The summed E-state index contributed by atoms with van der Waals surface area (Å²) in [5.41, 5.74) is 0.875. The van der Waals surface area contributed by atoms with Gasteiger partial charge in [0.1, 0.15) is 11.9 Å². The molecule has 7 heteroatoms. The van der Waals surface area contributed by atoms with Gasteiger partial charge in [-0.15, -0.1) is 11.8 Å². The molecule has 1 aromatic rings. The van der Waals surface area contributed by atoms with Crippen molar-refractivity contribution in [2.45, 2.75) is 31.7 Å². The Morgan fingerprint density at radius 3 is 2.86 bits per heavy atom. The number of benzene rings is 1. The molecule has 5 nitrogen and oxygen atoms in total. The highest BCUT2D eigenvalue weighted by Gasteiger charge is 2.41. The van der Waals surface area contributed by atoms with Crippen molar-refractivity contribution in [2.75, 3.05) is 11.1 Å². The fraction of sp³-hybridized carbons (Fsp3) is 0.429. The topological polar surface area (TPSA) is 69.6 Å². The highest BCUT2D eigenvalue weighted by atomic mass is 32.2. The van der Waals surface area contributed by atoms with Crippen LogP contribution in [-0.2, 0) is 4.79 Å². The number of nitrogens with one attached hydrogen (secondary N) is 1. The number of hydrogen-bond acceptors (Lipinski definition) is 3. The molecule has 1 aromatic carbocycles. The number of hydrogen-bond donors (Lipinski definition) is 2. The lowest BCUT2D eigenvalue weighted by molar-refractivity contribution is -0.141. The van der Waals surface area contributed by atoms with Crippen molar-refractivity contribution in [1.29, 1.82) is 0 Å². The van der Waals surface area contributed by atoms with E-state index in [4.69, 9.17) is 0 Å². The average Bonchev–Trinajstić information content (AvgIpc) is 2.87. The van der Waals surface area contributed by atoms with E-state index in [1.165, 1.54) is 28.8 Å². The fourth-order valence-electron chi connectivity index (χ4n) is 2.26. The number of carboxylic acids is 1. The largest absolute Gasteiger partial charge is 0.480 e. The van der Waals surface area contributed by atoms with Crippen molar-refractivity contribution < 1.29 is 19.1 Å². The van der Waals surface area contributed by atoms with Gasteiger partial charge in [0, 0.05) is 5.75 Å². The number of urea groups is 1. The number of aryl methyl sites for hydroxylation is 1. The first-order valence-electron chi connectivity index (χ1n) is 6.64. The van der Waals surface area contributed by atoms with Crippen LogP contribution in [0.5, 0.6) is 0 Å². The number of nitrogens with zero attached hydrogens (tertiary/aromatic N) is 1. The van der Waals surface area contributed by atoms with E-state index < -0.39 is 23.9 Å². The van der Waals surface area contributed by atoms with E-state index in [0.717, 1.165) is 5.56 Å². The van der Waals surface area contributed by atoms with Gasteiger partial charge in [-0.3, -0.25) is 4.90 Å². The smallest absolute Gasteiger partial charge is 0.327 e. The molecule has 0 aromatic heterocycles. The SMILES string of the molecule is CCC1SCC(C(=O)O)N1C(=O)Nc1cc(C)ccc1F. The monoisotopic (exact) mass is 312 g/mol. The van der Waals surface area contributed by atoms with Crippen LogP contribution >= 0.6 is 11.8 Å².